The average molecular weight is 160 g/mol. The zero-order valence-electron chi connectivity index (χ0n) is 7.90. The SMILES string of the molecule is CCC(C)C[Si](C)(C)OC. The van der Waals surface area contributed by atoms with Crippen LogP contribution in [0.25, 0.3) is 0 Å². The summed E-state index contributed by atoms with van der Waals surface area (Å²) in [6, 6.07) is 1.29. The van der Waals surface area contributed by atoms with Gasteiger partial charge in [0.15, 0.2) is 8.32 Å². The highest BCUT2D eigenvalue weighted by atomic mass is 28.4. The minimum atomic E-state index is -1.26. The lowest BCUT2D eigenvalue weighted by molar-refractivity contribution is 0.392. The van der Waals surface area contributed by atoms with Gasteiger partial charge in [0.2, 0.25) is 0 Å². The molecule has 62 valence electrons. The van der Waals surface area contributed by atoms with E-state index < -0.39 is 8.32 Å². The van der Waals surface area contributed by atoms with Gasteiger partial charge in [-0.15, -0.1) is 0 Å². The van der Waals surface area contributed by atoms with Crippen molar-refractivity contribution >= 4 is 8.32 Å². The molecule has 0 rings (SSSR count). The van der Waals surface area contributed by atoms with Crippen molar-refractivity contribution in [3.05, 3.63) is 0 Å². The molecule has 1 nitrogen and oxygen atoms in total. The first-order valence-electron chi connectivity index (χ1n) is 4.07. The van der Waals surface area contributed by atoms with Crippen LogP contribution in [-0.2, 0) is 4.43 Å². The van der Waals surface area contributed by atoms with E-state index in [4.69, 9.17) is 4.43 Å². The smallest absolute Gasteiger partial charge is 0.186 e. The Kier molecular flexibility index (Phi) is 4.21. The molecular weight excluding hydrogens is 140 g/mol. The van der Waals surface area contributed by atoms with Gasteiger partial charge in [0.25, 0.3) is 0 Å². The fourth-order valence-electron chi connectivity index (χ4n) is 1.07. The van der Waals surface area contributed by atoms with Gasteiger partial charge in [-0.1, -0.05) is 20.3 Å². The summed E-state index contributed by atoms with van der Waals surface area (Å²) in [6.45, 7) is 9.09. The first kappa shape index (κ1) is 10.2. The van der Waals surface area contributed by atoms with E-state index in [1.165, 1.54) is 12.5 Å². The lowest BCUT2D eigenvalue weighted by Crippen LogP contribution is -2.30. The molecule has 0 aliphatic heterocycles. The Balaban J connectivity index is 3.64. The number of hydrogen-bond donors (Lipinski definition) is 0. The first-order chi connectivity index (χ1) is 4.52. The molecule has 0 saturated carbocycles. The Morgan fingerprint density at radius 2 is 1.90 bits per heavy atom. The van der Waals surface area contributed by atoms with E-state index in [0.29, 0.717) is 0 Å². The molecule has 0 aliphatic carbocycles. The molecule has 0 aromatic carbocycles. The maximum atomic E-state index is 5.45. The Hall–Kier alpha value is 0.177. The molecule has 2 heteroatoms. The van der Waals surface area contributed by atoms with Gasteiger partial charge in [-0.05, 0) is 25.1 Å². The van der Waals surface area contributed by atoms with Crippen LogP contribution in [0.1, 0.15) is 20.3 Å². The van der Waals surface area contributed by atoms with Crippen LogP contribution in [0.3, 0.4) is 0 Å². The van der Waals surface area contributed by atoms with Gasteiger partial charge >= 0.3 is 0 Å². The molecule has 0 spiro atoms. The Bertz CT molecular complexity index is 91.3. The highest BCUT2D eigenvalue weighted by molar-refractivity contribution is 6.71. The van der Waals surface area contributed by atoms with E-state index >= 15 is 0 Å². The minimum Gasteiger partial charge on any atom is -0.420 e. The molecule has 1 atom stereocenters. The van der Waals surface area contributed by atoms with Crippen molar-refractivity contribution in [1.82, 2.24) is 0 Å². The third-order valence-electron chi connectivity index (χ3n) is 2.09. The predicted molar refractivity (Wildman–Crippen MR) is 48.8 cm³/mol. The summed E-state index contributed by atoms with van der Waals surface area (Å²) in [7, 11) is 0.581. The minimum absolute atomic E-state index is 0.835. The third-order valence-corrected chi connectivity index (χ3v) is 4.87. The van der Waals surface area contributed by atoms with E-state index in [2.05, 4.69) is 26.9 Å². The van der Waals surface area contributed by atoms with Crippen molar-refractivity contribution in [1.29, 1.82) is 0 Å². The first-order valence-corrected chi connectivity index (χ1v) is 7.18. The van der Waals surface area contributed by atoms with Crippen LogP contribution in [0.5, 0.6) is 0 Å². The standard InChI is InChI=1S/C8H20OSi/c1-6-8(2)7-10(4,5)9-3/h8H,6-7H2,1-5H3. The monoisotopic (exact) mass is 160 g/mol. The zero-order chi connectivity index (χ0) is 8.20. The van der Waals surface area contributed by atoms with Gasteiger partial charge in [0, 0.05) is 7.11 Å². The van der Waals surface area contributed by atoms with Gasteiger partial charge < -0.3 is 4.43 Å². The fraction of sp³-hybridized carbons (Fsp3) is 1.00. The second-order valence-electron chi connectivity index (χ2n) is 3.68. The highest BCUT2D eigenvalue weighted by Gasteiger charge is 2.22. The highest BCUT2D eigenvalue weighted by Crippen LogP contribution is 2.18. The van der Waals surface area contributed by atoms with Gasteiger partial charge in [-0.25, -0.2) is 0 Å². The molecule has 0 radical (unpaired) electrons. The molecule has 1 unspecified atom stereocenters. The summed E-state index contributed by atoms with van der Waals surface area (Å²) in [5.74, 6) is 0.835. The molecule has 0 aliphatic rings. The molecule has 0 aromatic heterocycles. The van der Waals surface area contributed by atoms with Gasteiger partial charge in [-0.3, -0.25) is 0 Å². The molecule has 0 fully saturated rings. The Morgan fingerprint density at radius 1 is 1.40 bits per heavy atom. The van der Waals surface area contributed by atoms with Gasteiger partial charge in [0.05, 0.1) is 0 Å². The van der Waals surface area contributed by atoms with Crippen molar-refractivity contribution in [2.24, 2.45) is 5.92 Å². The van der Waals surface area contributed by atoms with E-state index in [1.807, 2.05) is 7.11 Å². The second kappa shape index (κ2) is 4.14. The van der Waals surface area contributed by atoms with Crippen molar-refractivity contribution in [3.63, 3.8) is 0 Å². The molecule has 0 saturated heterocycles. The van der Waals surface area contributed by atoms with Gasteiger partial charge in [-0.2, -0.15) is 0 Å². The second-order valence-corrected chi connectivity index (χ2v) is 8.02. The third kappa shape index (κ3) is 4.07. The van der Waals surface area contributed by atoms with Crippen molar-refractivity contribution < 1.29 is 4.43 Å². The zero-order valence-corrected chi connectivity index (χ0v) is 8.90. The van der Waals surface area contributed by atoms with E-state index in [0.717, 1.165) is 5.92 Å². The normalized spacial score (nSPS) is 15.3. The van der Waals surface area contributed by atoms with Crippen LogP contribution in [0.15, 0.2) is 0 Å². The van der Waals surface area contributed by atoms with E-state index in [9.17, 15) is 0 Å². The lowest BCUT2D eigenvalue weighted by Gasteiger charge is -2.23. The number of hydrogen-bond acceptors (Lipinski definition) is 1. The topological polar surface area (TPSA) is 9.23 Å². The molecule has 0 amide bonds. The lowest BCUT2D eigenvalue weighted by atomic mass is 10.2. The maximum absolute atomic E-state index is 5.45. The van der Waals surface area contributed by atoms with Crippen molar-refractivity contribution in [3.8, 4) is 0 Å². The molecule has 0 heterocycles. The van der Waals surface area contributed by atoms with E-state index in [-0.39, 0.29) is 0 Å². The van der Waals surface area contributed by atoms with Crippen LogP contribution >= 0.6 is 0 Å². The summed E-state index contributed by atoms with van der Waals surface area (Å²) >= 11 is 0. The summed E-state index contributed by atoms with van der Waals surface area (Å²) in [5.41, 5.74) is 0. The summed E-state index contributed by atoms with van der Waals surface area (Å²) in [4.78, 5) is 0. The Labute approximate surface area is 65.9 Å². The van der Waals surface area contributed by atoms with Crippen LogP contribution < -0.4 is 0 Å². The quantitative estimate of drug-likeness (QED) is 0.575. The molecule has 0 bridgehead atoms. The van der Waals surface area contributed by atoms with Gasteiger partial charge in [0.1, 0.15) is 0 Å². The maximum Gasteiger partial charge on any atom is 0.186 e. The molecule has 10 heavy (non-hydrogen) atoms. The van der Waals surface area contributed by atoms with Crippen LogP contribution in [0.4, 0.5) is 0 Å². The predicted octanol–water partition coefficient (Wildman–Crippen LogP) is 2.88. The van der Waals surface area contributed by atoms with Crippen LogP contribution in [0.2, 0.25) is 19.1 Å². The largest absolute Gasteiger partial charge is 0.420 e. The molecule has 0 aromatic rings. The van der Waals surface area contributed by atoms with Crippen molar-refractivity contribution in [2.75, 3.05) is 7.11 Å². The fourth-order valence-corrected chi connectivity index (χ4v) is 3.20. The molecular formula is C8H20OSi. The van der Waals surface area contributed by atoms with Crippen LogP contribution in [-0.4, -0.2) is 15.4 Å². The van der Waals surface area contributed by atoms with Crippen molar-refractivity contribution in [2.45, 2.75) is 39.4 Å². The summed E-state index contributed by atoms with van der Waals surface area (Å²) < 4.78 is 5.45. The van der Waals surface area contributed by atoms with E-state index in [1.54, 1.807) is 0 Å². The molecule has 0 N–H and O–H groups in total. The summed E-state index contributed by atoms with van der Waals surface area (Å²) in [6.07, 6.45) is 1.28. The average Bonchev–Trinajstić information content (AvgIpc) is 1.87. The summed E-state index contributed by atoms with van der Waals surface area (Å²) in [5, 5.41) is 0. The van der Waals surface area contributed by atoms with Crippen LogP contribution in [0, 0.1) is 5.92 Å². The Morgan fingerprint density at radius 3 is 2.20 bits per heavy atom. The number of rotatable bonds is 4.